The molecule has 0 bridgehead atoms. The monoisotopic (exact) mass is 410 g/mol. The maximum atomic E-state index is 13.8. The van der Waals surface area contributed by atoms with Crippen LogP contribution in [0.3, 0.4) is 0 Å². The smallest absolute Gasteiger partial charge is 0.475 e. The van der Waals surface area contributed by atoms with Gasteiger partial charge in [-0.3, -0.25) is 9.59 Å². The molecule has 1 heterocycles. The molecule has 0 saturated carbocycles. The van der Waals surface area contributed by atoms with E-state index < -0.39 is 35.6 Å². The quantitative estimate of drug-likeness (QED) is 0.522. The lowest BCUT2D eigenvalue weighted by Gasteiger charge is -2.37. The van der Waals surface area contributed by atoms with Crippen LogP contribution in [0.1, 0.15) is 53.7 Å². The predicted molar refractivity (Wildman–Crippen MR) is 107 cm³/mol. The third kappa shape index (κ3) is 2.43. The maximum absolute atomic E-state index is 13.8. The number of Topliss-reactive ketones (excluding diaryl/α,β-unsaturated/α-hetero) is 1. The Morgan fingerprint density at radius 1 is 1.23 bits per heavy atom. The van der Waals surface area contributed by atoms with Gasteiger partial charge in [0.15, 0.2) is 11.3 Å². The maximum Gasteiger partial charge on any atom is 0.505 e. The number of ketones is 1. The molecule has 0 fully saturated rings. The summed E-state index contributed by atoms with van der Waals surface area (Å²) >= 11 is 0. The second-order valence-electron chi connectivity index (χ2n) is 7.92. The Balaban J connectivity index is 2.04. The topological polar surface area (TPSA) is 128 Å². The van der Waals surface area contributed by atoms with Crippen molar-refractivity contribution in [3.05, 3.63) is 58.7 Å². The molecule has 4 N–H and O–H groups in total. The Morgan fingerprint density at radius 3 is 2.60 bits per heavy atom. The van der Waals surface area contributed by atoms with Gasteiger partial charge < -0.3 is 25.6 Å². The molecule has 8 nitrogen and oxygen atoms in total. The number of ether oxygens (including phenoxy) is 2. The SMILES string of the molecule is CC(=O)NC12C(=O)c3c(N)cccc3C1(COC(=O)O)Oc1cc(C(C)C)ccc12. The first kappa shape index (κ1) is 19.8. The number of nitrogens with one attached hydrogen (secondary N) is 1. The third-order valence-corrected chi connectivity index (χ3v) is 5.83. The highest BCUT2D eigenvalue weighted by atomic mass is 16.7. The zero-order chi connectivity index (χ0) is 21.8. The normalized spacial score (nSPS) is 23.4. The number of amides is 1. The lowest BCUT2D eigenvalue weighted by atomic mass is 9.76. The largest absolute Gasteiger partial charge is 0.505 e. The Kier molecular flexibility index (Phi) is 4.27. The predicted octanol–water partition coefficient (Wildman–Crippen LogP) is 2.90. The summed E-state index contributed by atoms with van der Waals surface area (Å²) in [4.78, 5) is 37.4. The van der Waals surface area contributed by atoms with E-state index in [0.717, 1.165) is 5.56 Å². The number of carbonyl (C=O) groups is 3. The summed E-state index contributed by atoms with van der Waals surface area (Å²) in [7, 11) is 0. The average Bonchev–Trinajstić information content (AvgIpc) is 3.05. The van der Waals surface area contributed by atoms with Crippen LogP contribution in [0.4, 0.5) is 10.5 Å². The minimum absolute atomic E-state index is 0.193. The van der Waals surface area contributed by atoms with Crippen LogP contribution in [0.2, 0.25) is 0 Å². The summed E-state index contributed by atoms with van der Waals surface area (Å²) in [5.74, 6) is -0.346. The standard InChI is InChI=1S/C22H22N2O6/c1-11(2)13-7-8-14-17(9-13)30-21(10-29-20(27)28)15-5-4-6-16(23)18(15)19(26)22(14,21)24-12(3)25/h4-9,11H,10,23H2,1-3H3,(H,24,25)(H,27,28). The Labute approximate surface area is 173 Å². The Hall–Kier alpha value is -3.55. The van der Waals surface area contributed by atoms with Gasteiger partial charge in [-0.2, -0.15) is 0 Å². The zero-order valence-corrected chi connectivity index (χ0v) is 16.8. The molecule has 1 amide bonds. The molecule has 1 aliphatic heterocycles. The molecule has 4 rings (SSSR count). The molecule has 0 aromatic heterocycles. The van der Waals surface area contributed by atoms with Gasteiger partial charge in [-0.15, -0.1) is 0 Å². The first-order chi connectivity index (χ1) is 14.1. The highest BCUT2D eigenvalue weighted by Gasteiger charge is 2.72. The van der Waals surface area contributed by atoms with E-state index in [9.17, 15) is 19.5 Å². The molecule has 0 saturated heterocycles. The number of anilines is 1. The minimum Gasteiger partial charge on any atom is -0.475 e. The fourth-order valence-corrected chi connectivity index (χ4v) is 4.55. The Bertz CT molecular complexity index is 1100. The molecule has 1 aliphatic carbocycles. The van der Waals surface area contributed by atoms with Crippen molar-refractivity contribution in [2.75, 3.05) is 12.3 Å². The second-order valence-corrected chi connectivity index (χ2v) is 7.92. The van der Waals surface area contributed by atoms with Crippen molar-refractivity contribution in [3.8, 4) is 5.75 Å². The van der Waals surface area contributed by atoms with Crippen molar-refractivity contribution in [1.29, 1.82) is 0 Å². The van der Waals surface area contributed by atoms with Crippen LogP contribution >= 0.6 is 0 Å². The molecule has 2 aliphatic rings. The van der Waals surface area contributed by atoms with E-state index in [1.165, 1.54) is 6.92 Å². The van der Waals surface area contributed by atoms with Gasteiger partial charge >= 0.3 is 6.16 Å². The van der Waals surface area contributed by atoms with Gasteiger partial charge in [-0.05, 0) is 23.6 Å². The fraction of sp³-hybridized carbons (Fsp3) is 0.318. The molecule has 2 atom stereocenters. The fourth-order valence-electron chi connectivity index (χ4n) is 4.55. The van der Waals surface area contributed by atoms with Crippen molar-refractivity contribution in [2.24, 2.45) is 0 Å². The number of rotatable bonds is 4. The number of carboxylic acid groups (broad SMARTS) is 1. The summed E-state index contributed by atoms with van der Waals surface area (Å²) in [5.41, 5.74) is 5.00. The van der Waals surface area contributed by atoms with Crippen molar-refractivity contribution < 1.29 is 29.0 Å². The molecule has 2 unspecified atom stereocenters. The number of nitrogens with two attached hydrogens (primary N) is 1. The van der Waals surface area contributed by atoms with Crippen molar-refractivity contribution in [1.82, 2.24) is 5.32 Å². The van der Waals surface area contributed by atoms with Crippen LogP contribution in [0.5, 0.6) is 5.75 Å². The first-order valence-electron chi connectivity index (χ1n) is 9.55. The van der Waals surface area contributed by atoms with Crippen molar-refractivity contribution >= 4 is 23.5 Å². The molecule has 2 aromatic carbocycles. The minimum atomic E-state index is -1.70. The molecular formula is C22H22N2O6. The first-order valence-corrected chi connectivity index (χ1v) is 9.55. The van der Waals surface area contributed by atoms with Crippen LogP contribution in [0.25, 0.3) is 0 Å². The summed E-state index contributed by atoms with van der Waals surface area (Å²) in [6.07, 6.45) is -1.52. The molecular weight excluding hydrogens is 388 g/mol. The average molecular weight is 410 g/mol. The highest BCUT2D eigenvalue weighted by Crippen LogP contribution is 2.60. The Morgan fingerprint density at radius 2 is 1.97 bits per heavy atom. The van der Waals surface area contributed by atoms with E-state index in [4.69, 9.17) is 15.2 Å². The van der Waals surface area contributed by atoms with Crippen LogP contribution in [0, 0.1) is 0 Å². The van der Waals surface area contributed by atoms with Gasteiger partial charge in [0.05, 0.1) is 5.56 Å². The van der Waals surface area contributed by atoms with Crippen LogP contribution in [-0.4, -0.2) is 29.6 Å². The number of hydrogen-bond acceptors (Lipinski definition) is 6. The lowest BCUT2D eigenvalue weighted by Crippen LogP contribution is -2.61. The summed E-state index contributed by atoms with van der Waals surface area (Å²) in [6.45, 7) is 4.82. The number of benzene rings is 2. The van der Waals surface area contributed by atoms with E-state index >= 15 is 0 Å². The summed E-state index contributed by atoms with van der Waals surface area (Å²) in [5, 5.41) is 12.0. The highest BCUT2D eigenvalue weighted by molar-refractivity contribution is 6.15. The number of hydrogen-bond donors (Lipinski definition) is 3. The van der Waals surface area contributed by atoms with Crippen molar-refractivity contribution in [2.45, 2.75) is 37.8 Å². The van der Waals surface area contributed by atoms with Crippen LogP contribution in [0.15, 0.2) is 36.4 Å². The van der Waals surface area contributed by atoms with Gasteiger partial charge in [-0.25, -0.2) is 4.79 Å². The molecule has 2 aromatic rings. The van der Waals surface area contributed by atoms with E-state index in [1.54, 1.807) is 24.3 Å². The van der Waals surface area contributed by atoms with E-state index in [0.29, 0.717) is 16.9 Å². The molecule has 0 radical (unpaired) electrons. The van der Waals surface area contributed by atoms with E-state index in [2.05, 4.69) is 5.32 Å². The van der Waals surface area contributed by atoms with Gasteiger partial charge in [0.2, 0.25) is 11.5 Å². The number of carbonyl (C=O) groups excluding carboxylic acids is 2. The number of fused-ring (bicyclic) bond motifs is 5. The molecule has 30 heavy (non-hydrogen) atoms. The van der Waals surface area contributed by atoms with E-state index in [-0.39, 0.29) is 17.2 Å². The van der Waals surface area contributed by atoms with Crippen LogP contribution in [-0.2, 0) is 20.7 Å². The van der Waals surface area contributed by atoms with Gasteiger partial charge in [0.1, 0.15) is 12.4 Å². The van der Waals surface area contributed by atoms with Gasteiger partial charge in [-0.1, -0.05) is 38.1 Å². The van der Waals surface area contributed by atoms with Gasteiger partial charge in [0, 0.05) is 23.7 Å². The van der Waals surface area contributed by atoms with Crippen LogP contribution < -0.4 is 15.8 Å². The lowest BCUT2D eigenvalue weighted by molar-refractivity contribution is -0.124. The van der Waals surface area contributed by atoms with Crippen molar-refractivity contribution in [3.63, 3.8) is 0 Å². The summed E-state index contributed by atoms with van der Waals surface area (Å²) < 4.78 is 11.3. The summed E-state index contributed by atoms with van der Waals surface area (Å²) in [6, 6.07) is 10.3. The third-order valence-electron chi connectivity index (χ3n) is 5.83. The van der Waals surface area contributed by atoms with E-state index in [1.807, 2.05) is 26.0 Å². The second kappa shape index (κ2) is 6.48. The number of nitrogen functional groups attached to an aromatic ring is 1. The molecule has 8 heteroatoms. The van der Waals surface area contributed by atoms with Gasteiger partial charge in [0.25, 0.3) is 0 Å². The molecule has 0 spiro atoms. The molecule has 156 valence electrons. The zero-order valence-electron chi connectivity index (χ0n) is 16.8.